The summed E-state index contributed by atoms with van der Waals surface area (Å²) in [5.41, 5.74) is 3.50. The van der Waals surface area contributed by atoms with Crippen molar-refractivity contribution in [3.63, 3.8) is 0 Å². The second kappa shape index (κ2) is 8.83. The zero-order chi connectivity index (χ0) is 18.4. The Kier molecular flexibility index (Phi) is 6.26. The number of nitrogens with zero attached hydrogens (tertiary/aromatic N) is 2. The molecular formula is C21H27N3O2. The molecule has 1 saturated heterocycles. The monoisotopic (exact) mass is 353 g/mol. The Morgan fingerprint density at radius 3 is 2.50 bits per heavy atom. The summed E-state index contributed by atoms with van der Waals surface area (Å²) >= 11 is 0. The number of carbonyl (C=O) groups excluding carboxylic acids is 1. The zero-order valence-electron chi connectivity index (χ0n) is 15.6. The minimum Gasteiger partial charge on any atom is -0.497 e. The first-order valence-electron chi connectivity index (χ1n) is 9.07. The molecule has 0 saturated carbocycles. The fourth-order valence-corrected chi connectivity index (χ4v) is 3.24. The molecule has 3 rings (SSSR count). The molecule has 0 atom stereocenters. The minimum atomic E-state index is 0.0191. The van der Waals surface area contributed by atoms with Gasteiger partial charge in [0.2, 0.25) is 5.91 Å². The van der Waals surface area contributed by atoms with Gasteiger partial charge in [-0.3, -0.25) is 14.6 Å². The van der Waals surface area contributed by atoms with Gasteiger partial charge in [-0.25, -0.2) is 0 Å². The van der Waals surface area contributed by atoms with Crippen molar-refractivity contribution < 1.29 is 9.53 Å². The number of rotatable bonds is 6. The van der Waals surface area contributed by atoms with Gasteiger partial charge < -0.3 is 10.1 Å². The molecule has 0 bridgehead atoms. The molecule has 5 heteroatoms. The first kappa shape index (κ1) is 18.4. The molecule has 0 aliphatic carbocycles. The number of ether oxygens (including phenoxy) is 1. The van der Waals surface area contributed by atoms with Crippen LogP contribution >= 0.6 is 0 Å². The summed E-state index contributed by atoms with van der Waals surface area (Å²) in [4.78, 5) is 17.0. The van der Waals surface area contributed by atoms with E-state index in [0.29, 0.717) is 6.54 Å². The van der Waals surface area contributed by atoms with Gasteiger partial charge in [0.15, 0.2) is 0 Å². The maximum absolute atomic E-state index is 12.3. The molecule has 1 fully saturated rings. The van der Waals surface area contributed by atoms with Crippen LogP contribution in [0.5, 0.6) is 5.75 Å². The lowest BCUT2D eigenvalue weighted by atomic mass is 10.1. The third-order valence-electron chi connectivity index (χ3n) is 4.84. The lowest BCUT2D eigenvalue weighted by Gasteiger charge is -2.34. The minimum absolute atomic E-state index is 0.0191. The molecule has 2 aromatic rings. The second-order valence-electron chi connectivity index (χ2n) is 6.76. The van der Waals surface area contributed by atoms with Crippen LogP contribution in [-0.2, 0) is 11.3 Å². The van der Waals surface area contributed by atoms with Crippen molar-refractivity contribution in [2.75, 3.05) is 45.2 Å². The topological polar surface area (TPSA) is 44.8 Å². The van der Waals surface area contributed by atoms with Crippen LogP contribution in [0.2, 0.25) is 0 Å². The summed E-state index contributed by atoms with van der Waals surface area (Å²) in [5.74, 6) is 0.762. The average Bonchev–Trinajstić information content (AvgIpc) is 2.65. The molecule has 0 spiro atoms. The first-order chi connectivity index (χ1) is 12.6. The Balaban J connectivity index is 1.44. The summed E-state index contributed by atoms with van der Waals surface area (Å²) in [7, 11) is 1.62. The quantitative estimate of drug-likeness (QED) is 0.867. The fourth-order valence-electron chi connectivity index (χ4n) is 3.24. The molecule has 138 valence electrons. The molecular weight excluding hydrogens is 326 g/mol. The van der Waals surface area contributed by atoms with Gasteiger partial charge in [0.1, 0.15) is 5.75 Å². The standard InChI is InChI=1S/C21H27N3O2/c1-17-6-3-4-7-18(17)15-23-10-12-24(13-11-23)16-21(25)22-19-8-5-9-20(14-19)26-2/h3-9,14H,10-13,15-16H2,1-2H3,(H,22,25). The van der Waals surface area contributed by atoms with E-state index in [1.54, 1.807) is 7.11 Å². The maximum Gasteiger partial charge on any atom is 0.238 e. The Labute approximate surface area is 155 Å². The van der Waals surface area contributed by atoms with Gasteiger partial charge in [0.05, 0.1) is 13.7 Å². The van der Waals surface area contributed by atoms with Crippen molar-refractivity contribution in [3.05, 3.63) is 59.7 Å². The van der Waals surface area contributed by atoms with Gasteiger partial charge in [0, 0.05) is 44.5 Å². The fraction of sp³-hybridized carbons (Fsp3) is 0.381. The highest BCUT2D eigenvalue weighted by Gasteiger charge is 2.19. The molecule has 5 nitrogen and oxygen atoms in total. The lowest BCUT2D eigenvalue weighted by molar-refractivity contribution is -0.117. The highest BCUT2D eigenvalue weighted by atomic mass is 16.5. The van der Waals surface area contributed by atoms with Crippen LogP contribution in [0.1, 0.15) is 11.1 Å². The zero-order valence-corrected chi connectivity index (χ0v) is 15.6. The van der Waals surface area contributed by atoms with E-state index in [4.69, 9.17) is 4.74 Å². The average molecular weight is 353 g/mol. The van der Waals surface area contributed by atoms with E-state index in [2.05, 4.69) is 46.3 Å². The summed E-state index contributed by atoms with van der Waals surface area (Å²) in [6, 6.07) is 16.0. The van der Waals surface area contributed by atoms with Crippen LogP contribution < -0.4 is 10.1 Å². The summed E-state index contributed by atoms with van der Waals surface area (Å²) < 4.78 is 5.19. The molecule has 0 unspecified atom stereocenters. The highest BCUT2D eigenvalue weighted by molar-refractivity contribution is 5.92. The van der Waals surface area contributed by atoms with Crippen molar-refractivity contribution in [1.82, 2.24) is 9.80 Å². The molecule has 26 heavy (non-hydrogen) atoms. The maximum atomic E-state index is 12.3. The smallest absolute Gasteiger partial charge is 0.238 e. The van der Waals surface area contributed by atoms with E-state index in [1.165, 1.54) is 11.1 Å². The van der Waals surface area contributed by atoms with Crippen molar-refractivity contribution in [1.29, 1.82) is 0 Å². The van der Waals surface area contributed by atoms with Crippen LogP contribution in [0.25, 0.3) is 0 Å². The van der Waals surface area contributed by atoms with E-state index >= 15 is 0 Å². The number of hydrogen-bond acceptors (Lipinski definition) is 4. The van der Waals surface area contributed by atoms with E-state index in [-0.39, 0.29) is 5.91 Å². The van der Waals surface area contributed by atoms with Gasteiger partial charge in [-0.15, -0.1) is 0 Å². The predicted octanol–water partition coefficient (Wildman–Crippen LogP) is 2.76. The number of piperazine rings is 1. The van der Waals surface area contributed by atoms with E-state index in [1.807, 2.05) is 24.3 Å². The van der Waals surface area contributed by atoms with Gasteiger partial charge in [-0.05, 0) is 30.2 Å². The Morgan fingerprint density at radius 1 is 1.04 bits per heavy atom. The van der Waals surface area contributed by atoms with Crippen molar-refractivity contribution in [3.8, 4) is 5.75 Å². The van der Waals surface area contributed by atoms with Crippen LogP contribution in [0.3, 0.4) is 0 Å². The number of anilines is 1. The highest BCUT2D eigenvalue weighted by Crippen LogP contribution is 2.17. The molecule has 2 aromatic carbocycles. The number of carbonyl (C=O) groups is 1. The van der Waals surface area contributed by atoms with Crippen LogP contribution in [0.15, 0.2) is 48.5 Å². The first-order valence-corrected chi connectivity index (χ1v) is 9.07. The molecule has 0 aromatic heterocycles. The summed E-state index contributed by atoms with van der Waals surface area (Å²) in [5, 5.41) is 2.95. The van der Waals surface area contributed by atoms with Crippen molar-refractivity contribution in [2.45, 2.75) is 13.5 Å². The van der Waals surface area contributed by atoms with Gasteiger partial charge in [-0.1, -0.05) is 30.3 Å². The Hall–Kier alpha value is -2.37. The largest absolute Gasteiger partial charge is 0.497 e. The van der Waals surface area contributed by atoms with Crippen molar-refractivity contribution >= 4 is 11.6 Å². The van der Waals surface area contributed by atoms with Crippen LogP contribution in [0, 0.1) is 6.92 Å². The Bertz CT molecular complexity index is 740. The molecule has 1 aliphatic heterocycles. The van der Waals surface area contributed by atoms with Gasteiger partial charge >= 0.3 is 0 Å². The number of aryl methyl sites for hydroxylation is 1. The molecule has 1 N–H and O–H groups in total. The number of hydrogen-bond donors (Lipinski definition) is 1. The lowest BCUT2D eigenvalue weighted by Crippen LogP contribution is -2.48. The summed E-state index contributed by atoms with van der Waals surface area (Å²) in [6.45, 7) is 7.37. The van der Waals surface area contributed by atoms with Gasteiger partial charge in [0.25, 0.3) is 0 Å². The SMILES string of the molecule is COc1cccc(NC(=O)CN2CCN(Cc3ccccc3C)CC2)c1. The normalized spacial score (nSPS) is 15.6. The molecule has 1 amide bonds. The van der Waals surface area contributed by atoms with Gasteiger partial charge in [-0.2, -0.15) is 0 Å². The number of benzene rings is 2. The third-order valence-corrected chi connectivity index (χ3v) is 4.84. The Morgan fingerprint density at radius 2 is 1.77 bits per heavy atom. The van der Waals surface area contributed by atoms with Crippen LogP contribution in [-0.4, -0.2) is 55.5 Å². The van der Waals surface area contributed by atoms with Crippen molar-refractivity contribution in [2.24, 2.45) is 0 Å². The van der Waals surface area contributed by atoms with Crippen LogP contribution in [0.4, 0.5) is 5.69 Å². The molecule has 1 aliphatic rings. The van der Waals surface area contributed by atoms with E-state index in [0.717, 1.165) is 44.2 Å². The van der Waals surface area contributed by atoms with E-state index < -0.39 is 0 Å². The number of methoxy groups -OCH3 is 1. The predicted molar refractivity (Wildman–Crippen MR) is 105 cm³/mol. The third kappa shape index (κ3) is 5.07. The van der Waals surface area contributed by atoms with E-state index in [9.17, 15) is 4.79 Å². The molecule has 0 radical (unpaired) electrons. The number of nitrogens with one attached hydrogen (secondary N) is 1. The summed E-state index contributed by atoms with van der Waals surface area (Å²) in [6.07, 6.45) is 0. The molecule has 1 heterocycles. The second-order valence-corrected chi connectivity index (χ2v) is 6.76. The number of amides is 1.